The van der Waals surface area contributed by atoms with E-state index in [1.54, 1.807) is 43.0 Å². The average Bonchev–Trinajstić information content (AvgIpc) is 3.47. The van der Waals surface area contributed by atoms with Crippen LogP contribution >= 0.6 is 11.3 Å². The molecule has 0 fully saturated rings. The van der Waals surface area contributed by atoms with Crippen LogP contribution in [0.2, 0.25) is 0 Å². The Kier molecular flexibility index (Phi) is 5.92. The Balaban J connectivity index is 1.70. The number of aromatic nitrogens is 3. The quantitative estimate of drug-likeness (QED) is 0.438. The van der Waals surface area contributed by atoms with Gasteiger partial charge in [-0.1, -0.05) is 53.8 Å². The number of fused-ring (bicyclic) bond motifs is 1. The second-order valence-electron chi connectivity index (χ2n) is 7.91. The average molecular weight is 487 g/mol. The van der Waals surface area contributed by atoms with Crippen molar-refractivity contribution in [3.05, 3.63) is 103 Å². The molecular weight excluding hydrogens is 464 g/mol. The number of esters is 1. The van der Waals surface area contributed by atoms with Crippen molar-refractivity contribution in [2.75, 3.05) is 14.2 Å². The van der Waals surface area contributed by atoms with E-state index in [2.05, 4.69) is 15.2 Å². The molecule has 0 radical (unpaired) electrons. The summed E-state index contributed by atoms with van der Waals surface area (Å²) in [5, 5.41) is 7.19. The molecule has 2 aromatic carbocycles. The van der Waals surface area contributed by atoms with Gasteiger partial charge >= 0.3 is 5.97 Å². The number of H-pyrrole nitrogens is 1. The Bertz CT molecular complexity index is 1610. The van der Waals surface area contributed by atoms with Gasteiger partial charge in [0, 0.05) is 11.1 Å². The maximum atomic E-state index is 13.7. The fraction of sp³-hybridized carbons (Fsp3) is 0.154. The molecule has 0 saturated heterocycles. The van der Waals surface area contributed by atoms with E-state index >= 15 is 0 Å². The van der Waals surface area contributed by atoms with Gasteiger partial charge in [0.25, 0.3) is 5.56 Å². The summed E-state index contributed by atoms with van der Waals surface area (Å²) in [7, 11) is 2.91. The smallest absolute Gasteiger partial charge is 0.338 e. The van der Waals surface area contributed by atoms with Crippen LogP contribution in [0, 0.1) is 0 Å². The standard InChI is InChI=1S/C26H22N4O4S/c1-15-21(25(32)34-3)23(17-9-11-19(33-2)12-10-17)30-24(31)20(35-26(30)28-15)13-18-14-27-29-22(18)16-7-5-4-6-8-16/h4-14,23H,1-3H3,(H,27,29)/b20-13+. The van der Waals surface area contributed by atoms with Crippen molar-refractivity contribution in [1.29, 1.82) is 0 Å². The van der Waals surface area contributed by atoms with Gasteiger partial charge in [-0.2, -0.15) is 5.10 Å². The third-order valence-corrected chi connectivity index (χ3v) is 6.86. The second kappa shape index (κ2) is 9.19. The molecule has 1 aliphatic rings. The van der Waals surface area contributed by atoms with Gasteiger partial charge in [0.1, 0.15) is 5.75 Å². The van der Waals surface area contributed by atoms with E-state index in [1.807, 2.05) is 42.5 Å². The van der Waals surface area contributed by atoms with Crippen molar-refractivity contribution >= 4 is 23.4 Å². The second-order valence-corrected chi connectivity index (χ2v) is 8.92. The number of methoxy groups -OCH3 is 2. The largest absolute Gasteiger partial charge is 0.497 e. The fourth-order valence-electron chi connectivity index (χ4n) is 4.18. The van der Waals surface area contributed by atoms with E-state index in [4.69, 9.17) is 9.47 Å². The molecule has 0 bridgehead atoms. The lowest BCUT2D eigenvalue weighted by molar-refractivity contribution is -0.136. The zero-order chi connectivity index (χ0) is 24.5. The predicted octanol–water partition coefficient (Wildman–Crippen LogP) is 2.81. The minimum absolute atomic E-state index is 0.247. The van der Waals surface area contributed by atoms with E-state index in [-0.39, 0.29) is 5.56 Å². The molecule has 0 saturated carbocycles. The van der Waals surface area contributed by atoms with E-state index < -0.39 is 12.0 Å². The summed E-state index contributed by atoms with van der Waals surface area (Å²) in [5.74, 6) is 0.150. The highest BCUT2D eigenvalue weighted by atomic mass is 32.1. The van der Waals surface area contributed by atoms with Crippen LogP contribution < -0.4 is 19.6 Å². The number of aromatic amines is 1. The summed E-state index contributed by atoms with van der Waals surface area (Å²) < 4.78 is 12.4. The Hall–Kier alpha value is -4.24. The van der Waals surface area contributed by atoms with Gasteiger partial charge < -0.3 is 9.47 Å². The van der Waals surface area contributed by atoms with Gasteiger partial charge in [-0.15, -0.1) is 0 Å². The zero-order valence-electron chi connectivity index (χ0n) is 19.3. The molecule has 4 aromatic rings. The van der Waals surface area contributed by atoms with Crippen LogP contribution in [-0.4, -0.2) is 35.0 Å². The number of nitrogens with zero attached hydrogens (tertiary/aromatic N) is 3. The van der Waals surface area contributed by atoms with Crippen molar-refractivity contribution in [1.82, 2.24) is 14.8 Å². The van der Waals surface area contributed by atoms with E-state index in [0.717, 1.165) is 22.4 Å². The first-order chi connectivity index (χ1) is 17.0. The van der Waals surface area contributed by atoms with Crippen molar-refractivity contribution < 1.29 is 14.3 Å². The van der Waals surface area contributed by atoms with Crippen LogP contribution in [-0.2, 0) is 9.53 Å². The van der Waals surface area contributed by atoms with Crippen LogP contribution in [0.3, 0.4) is 0 Å². The summed E-state index contributed by atoms with van der Waals surface area (Å²) in [5.41, 5.74) is 3.90. The zero-order valence-corrected chi connectivity index (χ0v) is 20.1. The molecule has 5 rings (SSSR count). The molecule has 9 heteroatoms. The summed E-state index contributed by atoms with van der Waals surface area (Å²) >= 11 is 1.27. The monoisotopic (exact) mass is 486 g/mol. The van der Waals surface area contributed by atoms with Crippen LogP contribution in [0.4, 0.5) is 0 Å². The lowest BCUT2D eigenvalue weighted by Crippen LogP contribution is -2.39. The number of carbonyl (C=O) groups is 1. The molecular formula is C26H22N4O4S. The molecule has 1 unspecified atom stereocenters. The Morgan fingerprint density at radius 1 is 1.11 bits per heavy atom. The number of hydrogen-bond acceptors (Lipinski definition) is 7. The van der Waals surface area contributed by atoms with Crippen LogP contribution in [0.15, 0.2) is 81.9 Å². The van der Waals surface area contributed by atoms with E-state index in [1.165, 1.54) is 18.4 Å². The molecule has 1 aliphatic heterocycles. The van der Waals surface area contributed by atoms with Gasteiger partial charge in [-0.05, 0) is 30.7 Å². The van der Waals surface area contributed by atoms with Crippen molar-refractivity contribution in [2.45, 2.75) is 13.0 Å². The van der Waals surface area contributed by atoms with Crippen molar-refractivity contribution in [2.24, 2.45) is 4.99 Å². The van der Waals surface area contributed by atoms with Gasteiger partial charge in [-0.3, -0.25) is 14.5 Å². The molecule has 0 aliphatic carbocycles. The molecule has 0 amide bonds. The first-order valence-electron chi connectivity index (χ1n) is 10.9. The number of hydrogen-bond donors (Lipinski definition) is 1. The number of benzene rings is 2. The molecule has 0 spiro atoms. The van der Waals surface area contributed by atoms with Crippen molar-refractivity contribution in [3.8, 4) is 17.0 Å². The van der Waals surface area contributed by atoms with Crippen LogP contribution in [0.25, 0.3) is 17.3 Å². The minimum atomic E-state index is -0.676. The highest BCUT2D eigenvalue weighted by molar-refractivity contribution is 7.07. The lowest BCUT2D eigenvalue weighted by Gasteiger charge is -2.24. The number of carbonyl (C=O) groups excluding carboxylic acids is 1. The SMILES string of the molecule is COC(=O)C1=C(C)N=c2s/c(=C/c3cn[nH]c3-c3ccccc3)c(=O)n2C1c1ccc(OC)cc1. The number of thiazole rings is 1. The van der Waals surface area contributed by atoms with Gasteiger partial charge in [0.15, 0.2) is 4.80 Å². The molecule has 1 N–H and O–H groups in total. The molecule has 8 nitrogen and oxygen atoms in total. The normalized spacial score (nSPS) is 15.5. The summed E-state index contributed by atoms with van der Waals surface area (Å²) in [6.45, 7) is 1.75. The summed E-state index contributed by atoms with van der Waals surface area (Å²) in [6, 6.07) is 16.4. The fourth-order valence-corrected chi connectivity index (χ4v) is 5.21. The summed E-state index contributed by atoms with van der Waals surface area (Å²) in [6.07, 6.45) is 3.49. The van der Waals surface area contributed by atoms with Gasteiger partial charge in [0.05, 0.1) is 48.0 Å². The molecule has 2 aromatic heterocycles. The van der Waals surface area contributed by atoms with Crippen molar-refractivity contribution in [3.63, 3.8) is 0 Å². The molecule has 3 heterocycles. The Morgan fingerprint density at radius 3 is 2.54 bits per heavy atom. The van der Waals surface area contributed by atoms with Crippen LogP contribution in [0.1, 0.15) is 24.1 Å². The molecule has 35 heavy (non-hydrogen) atoms. The van der Waals surface area contributed by atoms with Crippen LogP contribution in [0.5, 0.6) is 5.75 Å². The number of ether oxygens (including phenoxy) is 2. The maximum absolute atomic E-state index is 13.7. The first kappa shape index (κ1) is 22.5. The maximum Gasteiger partial charge on any atom is 0.338 e. The Morgan fingerprint density at radius 2 is 1.86 bits per heavy atom. The number of rotatable bonds is 5. The van der Waals surface area contributed by atoms with Gasteiger partial charge in [-0.25, -0.2) is 9.79 Å². The minimum Gasteiger partial charge on any atom is -0.497 e. The molecule has 1 atom stereocenters. The first-order valence-corrected chi connectivity index (χ1v) is 11.7. The topological polar surface area (TPSA) is 98.6 Å². The number of allylic oxidation sites excluding steroid dienone is 1. The molecule has 176 valence electrons. The lowest BCUT2D eigenvalue weighted by atomic mass is 9.96. The van der Waals surface area contributed by atoms with E-state index in [0.29, 0.717) is 26.4 Å². The predicted molar refractivity (Wildman–Crippen MR) is 133 cm³/mol. The Labute approximate surface area is 204 Å². The highest BCUT2D eigenvalue weighted by Crippen LogP contribution is 2.31. The summed E-state index contributed by atoms with van der Waals surface area (Å²) in [4.78, 5) is 31.6. The third kappa shape index (κ3) is 4.00. The number of nitrogens with one attached hydrogen (secondary N) is 1. The van der Waals surface area contributed by atoms with Gasteiger partial charge in [0.2, 0.25) is 0 Å². The van der Waals surface area contributed by atoms with E-state index in [9.17, 15) is 9.59 Å². The third-order valence-electron chi connectivity index (χ3n) is 5.88. The highest BCUT2D eigenvalue weighted by Gasteiger charge is 2.33.